The van der Waals surface area contributed by atoms with Crippen LogP contribution in [0.5, 0.6) is 5.88 Å². The number of hydrogen-bond acceptors (Lipinski definition) is 3. The summed E-state index contributed by atoms with van der Waals surface area (Å²) in [5, 5.41) is 4.64. The predicted octanol–water partition coefficient (Wildman–Crippen LogP) is 6.88. The molecule has 0 fully saturated rings. The van der Waals surface area contributed by atoms with Crippen molar-refractivity contribution in [1.29, 1.82) is 0 Å². The minimum atomic E-state index is -0.0126. The van der Waals surface area contributed by atoms with Gasteiger partial charge in [-0.25, -0.2) is 4.98 Å². The van der Waals surface area contributed by atoms with Crippen LogP contribution in [-0.4, -0.2) is 24.0 Å². The number of pyridine rings is 1. The minimum Gasteiger partial charge on any atom is -0.478 e. The van der Waals surface area contributed by atoms with E-state index in [1.807, 2.05) is 43.3 Å². The van der Waals surface area contributed by atoms with Crippen molar-refractivity contribution in [3.63, 3.8) is 0 Å². The SMILES string of the molecule is CC(/C=C/CCCCCCCOc1ccc2cc(Cl)ccc2n1)=C\C(=O)NCC(C)C. The van der Waals surface area contributed by atoms with Gasteiger partial charge in [-0.2, -0.15) is 0 Å². The Hall–Kier alpha value is -2.33. The number of ether oxygens (including phenoxy) is 1. The molecule has 2 rings (SSSR count). The summed E-state index contributed by atoms with van der Waals surface area (Å²) in [7, 11) is 0. The average Bonchev–Trinajstić information content (AvgIpc) is 2.73. The lowest BCUT2D eigenvalue weighted by atomic mass is 10.1. The van der Waals surface area contributed by atoms with Crippen LogP contribution in [0.15, 0.2) is 54.1 Å². The summed E-state index contributed by atoms with van der Waals surface area (Å²) >= 11 is 6.00. The molecule has 31 heavy (non-hydrogen) atoms. The summed E-state index contributed by atoms with van der Waals surface area (Å²) in [6.45, 7) is 7.54. The number of carbonyl (C=O) groups is 1. The highest BCUT2D eigenvalue weighted by Gasteiger charge is 2.01. The maximum Gasteiger partial charge on any atom is 0.244 e. The van der Waals surface area contributed by atoms with E-state index in [1.165, 1.54) is 19.3 Å². The van der Waals surface area contributed by atoms with Crippen molar-refractivity contribution in [2.45, 2.75) is 59.3 Å². The topological polar surface area (TPSA) is 51.2 Å². The Balaban J connectivity index is 1.52. The van der Waals surface area contributed by atoms with Crippen LogP contribution in [0.4, 0.5) is 0 Å². The molecule has 0 aliphatic rings. The van der Waals surface area contributed by atoms with Gasteiger partial charge >= 0.3 is 0 Å². The van der Waals surface area contributed by atoms with E-state index in [9.17, 15) is 4.79 Å². The van der Waals surface area contributed by atoms with Crippen molar-refractivity contribution in [2.75, 3.05) is 13.2 Å². The fraction of sp³-hybridized carbons (Fsp3) is 0.462. The van der Waals surface area contributed by atoms with E-state index in [2.05, 4.69) is 30.2 Å². The number of rotatable bonds is 13. The van der Waals surface area contributed by atoms with Crippen LogP contribution in [0.25, 0.3) is 10.9 Å². The van der Waals surface area contributed by atoms with Gasteiger partial charge in [-0.05, 0) is 61.9 Å². The molecule has 1 N–H and O–H groups in total. The summed E-state index contributed by atoms with van der Waals surface area (Å²) in [6.07, 6.45) is 12.7. The quantitative estimate of drug-likeness (QED) is 0.209. The molecule has 1 aromatic heterocycles. The third kappa shape index (κ3) is 10.5. The van der Waals surface area contributed by atoms with Gasteiger partial charge in [0, 0.05) is 29.1 Å². The zero-order chi connectivity index (χ0) is 22.5. The van der Waals surface area contributed by atoms with E-state index >= 15 is 0 Å². The monoisotopic (exact) mass is 442 g/mol. The molecule has 0 spiro atoms. The molecule has 0 radical (unpaired) electrons. The molecule has 0 unspecified atom stereocenters. The first kappa shape index (κ1) is 24.9. The number of fused-ring (bicyclic) bond motifs is 1. The number of nitrogens with one attached hydrogen (secondary N) is 1. The van der Waals surface area contributed by atoms with Gasteiger partial charge in [-0.15, -0.1) is 0 Å². The highest BCUT2D eigenvalue weighted by atomic mass is 35.5. The number of hydrogen-bond donors (Lipinski definition) is 1. The number of nitrogens with zero attached hydrogens (tertiary/aromatic N) is 1. The molecule has 4 nitrogen and oxygen atoms in total. The Morgan fingerprint density at radius 1 is 1.13 bits per heavy atom. The molecule has 0 bridgehead atoms. The van der Waals surface area contributed by atoms with Crippen LogP contribution < -0.4 is 10.1 Å². The third-order valence-corrected chi connectivity index (χ3v) is 5.05. The average molecular weight is 443 g/mol. The Morgan fingerprint density at radius 2 is 1.90 bits per heavy atom. The largest absolute Gasteiger partial charge is 0.478 e. The molecule has 2 aromatic rings. The fourth-order valence-corrected chi connectivity index (χ4v) is 3.29. The predicted molar refractivity (Wildman–Crippen MR) is 131 cm³/mol. The second-order valence-electron chi connectivity index (χ2n) is 8.32. The van der Waals surface area contributed by atoms with Crippen LogP contribution in [0.1, 0.15) is 59.3 Å². The van der Waals surface area contributed by atoms with Gasteiger partial charge in [0.1, 0.15) is 0 Å². The van der Waals surface area contributed by atoms with Crippen molar-refractivity contribution in [1.82, 2.24) is 10.3 Å². The summed E-state index contributed by atoms with van der Waals surface area (Å²) in [5.74, 6) is 1.12. The molecule has 0 atom stereocenters. The molecule has 0 saturated heterocycles. The normalized spacial score (nSPS) is 12.1. The maximum absolute atomic E-state index is 11.7. The molecule has 0 aliphatic heterocycles. The van der Waals surface area contributed by atoms with Gasteiger partial charge < -0.3 is 10.1 Å². The molecule has 0 aliphatic carbocycles. The Labute approximate surface area is 191 Å². The molecule has 1 aromatic carbocycles. The van der Waals surface area contributed by atoms with E-state index in [-0.39, 0.29) is 5.91 Å². The summed E-state index contributed by atoms with van der Waals surface area (Å²) < 4.78 is 5.78. The van der Waals surface area contributed by atoms with Crippen molar-refractivity contribution in [3.8, 4) is 5.88 Å². The van der Waals surface area contributed by atoms with Crippen LogP contribution in [-0.2, 0) is 4.79 Å². The zero-order valence-electron chi connectivity index (χ0n) is 19.0. The number of benzene rings is 1. The van der Waals surface area contributed by atoms with Crippen molar-refractivity contribution < 1.29 is 9.53 Å². The zero-order valence-corrected chi connectivity index (χ0v) is 19.8. The summed E-state index contributed by atoms with van der Waals surface area (Å²) in [4.78, 5) is 16.3. The van der Waals surface area contributed by atoms with E-state index in [0.717, 1.165) is 40.8 Å². The number of amides is 1. The molecule has 168 valence electrons. The lowest BCUT2D eigenvalue weighted by molar-refractivity contribution is -0.116. The van der Waals surface area contributed by atoms with Gasteiger partial charge in [0.25, 0.3) is 0 Å². The number of unbranched alkanes of at least 4 members (excludes halogenated alkanes) is 5. The molecule has 1 heterocycles. The van der Waals surface area contributed by atoms with Crippen molar-refractivity contribution >= 4 is 28.4 Å². The third-order valence-electron chi connectivity index (χ3n) is 4.81. The van der Waals surface area contributed by atoms with E-state index in [4.69, 9.17) is 16.3 Å². The number of halogens is 1. The first-order valence-electron chi connectivity index (χ1n) is 11.3. The highest BCUT2D eigenvalue weighted by Crippen LogP contribution is 2.20. The number of aromatic nitrogens is 1. The maximum atomic E-state index is 11.7. The molecular weight excluding hydrogens is 408 g/mol. The Kier molecular flexibility index (Phi) is 11.2. The first-order valence-corrected chi connectivity index (χ1v) is 11.6. The number of allylic oxidation sites excluding steroid dienone is 3. The molecular formula is C26H35ClN2O2. The fourth-order valence-electron chi connectivity index (χ4n) is 3.11. The van der Waals surface area contributed by atoms with Crippen LogP contribution in [0.3, 0.4) is 0 Å². The Bertz CT molecular complexity index is 890. The summed E-state index contributed by atoms with van der Waals surface area (Å²) in [5.41, 5.74) is 1.89. The summed E-state index contributed by atoms with van der Waals surface area (Å²) in [6, 6.07) is 9.56. The molecule has 0 saturated carbocycles. The van der Waals surface area contributed by atoms with Gasteiger partial charge in [0.2, 0.25) is 11.8 Å². The Morgan fingerprint density at radius 3 is 2.71 bits per heavy atom. The highest BCUT2D eigenvalue weighted by molar-refractivity contribution is 6.31. The number of carbonyl (C=O) groups excluding carboxylic acids is 1. The lowest BCUT2D eigenvalue weighted by Gasteiger charge is -2.06. The van der Waals surface area contributed by atoms with E-state index in [1.54, 1.807) is 6.08 Å². The minimum absolute atomic E-state index is 0.0126. The van der Waals surface area contributed by atoms with Gasteiger partial charge in [0.05, 0.1) is 12.1 Å². The lowest BCUT2D eigenvalue weighted by Crippen LogP contribution is -2.25. The van der Waals surface area contributed by atoms with Crippen molar-refractivity contribution in [3.05, 3.63) is 59.2 Å². The van der Waals surface area contributed by atoms with Gasteiger partial charge in [0.15, 0.2) is 0 Å². The molecule has 1 amide bonds. The van der Waals surface area contributed by atoms with E-state index in [0.29, 0.717) is 24.9 Å². The second-order valence-corrected chi connectivity index (χ2v) is 8.76. The second kappa shape index (κ2) is 13.9. The van der Waals surface area contributed by atoms with Crippen LogP contribution in [0, 0.1) is 5.92 Å². The van der Waals surface area contributed by atoms with E-state index < -0.39 is 0 Å². The van der Waals surface area contributed by atoms with Crippen molar-refractivity contribution in [2.24, 2.45) is 5.92 Å². The molecule has 5 heteroatoms. The van der Waals surface area contributed by atoms with Gasteiger partial charge in [-0.1, -0.05) is 56.9 Å². The first-order chi connectivity index (χ1) is 14.9. The van der Waals surface area contributed by atoms with Gasteiger partial charge in [-0.3, -0.25) is 4.79 Å². The smallest absolute Gasteiger partial charge is 0.244 e. The standard InChI is InChI=1S/C26H35ClN2O2/c1-20(2)19-28-25(30)17-21(3)11-9-7-5-4-6-8-10-16-31-26-15-12-22-18-23(27)13-14-24(22)29-26/h9,11-15,17-18,20H,4-8,10,16,19H2,1-3H3,(H,28,30)/b11-9+,21-17+. The van der Waals surface area contributed by atoms with Crippen LogP contribution in [0.2, 0.25) is 5.02 Å². The van der Waals surface area contributed by atoms with Crippen LogP contribution >= 0.6 is 11.6 Å².